The predicted octanol–water partition coefficient (Wildman–Crippen LogP) is 8.13. The number of hydrogen-bond acceptors (Lipinski definition) is 2. The summed E-state index contributed by atoms with van der Waals surface area (Å²) in [5, 5.41) is 10.9. The minimum atomic E-state index is -0.204. The zero-order valence-electron chi connectivity index (χ0n) is 23.0. The van der Waals surface area contributed by atoms with Crippen molar-refractivity contribution in [3.05, 3.63) is 11.6 Å². The SMILES string of the molecule is CC1(C)CCC2=CC[C@@H]3[C@@]4(C)CC[C@H](O)C(C)(C)[C@@H]4CC[C@@]3(C)[C@]2(C)CC[C@@](C)(C=O)CC1. The van der Waals surface area contributed by atoms with Crippen molar-refractivity contribution in [2.75, 3.05) is 0 Å². The second kappa shape index (κ2) is 7.94. The monoisotopic (exact) mass is 456 g/mol. The van der Waals surface area contributed by atoms with Crippen LogP contribution in [0.25, 0.3) is 0 Å². The van der Waals surface area contributed by atoms with Crippen LogP contribution in [-0.2, 0) is 4.79 Å². The van der Waals surface area contributed by atoms with Gasteiger partial charge in [0.05, 0.1) is 6.10 Å². The second-order valence-electron chi connectivity index (χ2n) is 15.2. The van der Waals surface area contributed by atoms with Gasteiger partial charge in [0.25, 0.3) is 0 Å². The van der Waals surface area contributed by atoms with Gasteiger partial charge in [-0.25, -0.2) is 0 Å². The third-order valence-electron chi connectivity index (χ3n) is 12.5. The van der Waals surface area contributed by atoms with Crippen LogP contribution in [0.1, 0.15) is 126 Å². The van der Waals surface area contributed by atoms with Crippen molar-refractivity contribution in [3.63, 3.8) is 0 Å². The van der Waals surface area contributed by atoms with Gasteiger partial charge in [0.2, 0.25) is 0 Å². The number of rotatable bonds is 1. The Kier molecular flexibility index (Phi) is 6.13. The summed E-state index contributed by atoms with van der Waals surface area (Å²) in [6, 6.07) is 0. The smallest absolute Gasteiger partial charge is 0.125 e. The standard InChI is InChI=1S/C31H52O2/c1-26(2)14-11-22-9-10-24-29(6)15-13-25(33)27(3,4)23(29)12-16-31(24,8)30(22,7)20-19-28(5,21-32)18-17-26/h9,21,23-25,33H,10-20H2,1-8H3/t23-,24+,25-,28-,29-,30+,31+/m0/s1. The lowest BCUT2D eigenvalue weighted by molar-refractivity contribution is -0.196. The molecule has 0 bridgehead atoms. The quantitative estimate of drug-likeness (QED) is 0.319. The third kappa shape index (κ3) is 3.80. The molecule has 33 heavy (non-hydrogen) atoms. The van der Waals surface area contributed by atoms with Gasteiger partial charge in [-0.3, -0.25) is 0 Å². The van der Waals surface area contributed by atoms with E-state index in [1.165, 1.54) is 38.4 Å². The summed E-state index contributed by atoms with van der Waals surface area (Å²) in [5.74, 6) is 1.24. The number of hydrogen-bond donors (Lipinski definition) is 1. The lowest BCUT2D eigenvalue weighted by Gasteiger charge is -2.69. The largest absolute Gasteiger partial charge is 0.393 e. The van der Waals surface area contributed by atoms with Gasteiger partial charge >= 0.3 is 0 Å². The van der Waals surface area contributed by atoms with E-state index < -0.39 is 0 Å². The average Bonchev–Trinajstić information content (AvgIpc) is 2.74. The maximum absolute atomic E-state index is 12.3. The predicted molar refractivity (Wildman–Crippen MR) is 138 cm³/mol. The number of fused-ring (bicyclic) bond motifs is 5. The molecule has 2 nitrogen and oxygen atoms in total. The van der Waals surface area contributed by atoms with Gasteiger partial charge in [0.1, 0.15) is 6.29 Å². The highest BCUT2D eigenvalue weighted by molar-refractivity contribution is 5.58. The van der Waals surface area contributed by atoms with Crippen molar-refractivity contribution in [2.45, 2.75) is 132 Å². The lowest BCUT2D eigenvalue weighted by atomic mass is 9.36. The number of aldehydes is 1. The fourth-order valence-corrected chi connectivity index (χ4v) is 9.41. The molecule has 4 aliphatic carbocycles. The topological polar surface area (TPSA) is 37.3 Å². The van der Waals surface area contributed by atoms with Crippen molar-refractivity contribution in [1.29, 1.82) is 0 Å². The molecule has 0 aliphatic heterocycles. The number of aliphatic hydroxyl groups is 1. The molecule has 4 rings (SSSR count). The zero-order chi connectivity index (χ0) is 24.5. The van der Waals surface area contributed by atoms with Crippen LogP contribution >= 0.6 is 0 Å². The first-order valence-corrected chi connectivity index (χ1v) is 14.0. The van der Waals surface area contributed by atoms with Gasteiger partial charge < -0.3 is 9.90 Å². The maximum Gasteiger partial charge on any atom is 0.125 e. The molecule has 188 valence electrons. The second-order valence-corrected chi connectivity index (χ2v) is 15.2. The van der Waals surface area contributed by atoms with Crippen LogP contribution in [0.5, 0.6) is 0 Å². The third-order valence-corrected chi connectivity index (χ3v) is 12.5. The first-order valence-electron chi connectivity index (χ1n) is 14.0. The molecule has 2 heteroatoms. The van der Waals surface area contributed by atoms with E-state index in [4.69, 9.17) is 0 Å². The summed E-state index contributed by atoms with van der Waals surface area (Å²) in [4.78, 5) is 12.3. The molecule has 0 aromatic heterocycles. The van der Waals surface area contributed by atoms with Gasteiger partial charge in [-0.2, -0.15) is 0 Å². The first-order chi connectivity index (χ1) is 15.1. The highest BCUT2D eigenvalue weighted by Crippen LogP contribution is 2.72. The minimum absolute atomic E-state index is 0.00429. The van der Waals surface area contributed by atoms with E-state index in [0.717, 1.165) is 38.5 Å². The van der Waals surface area contributed by atoms with Crippen LogP contribution in [0.2, 0.25) is 0 Å². The van der Waals surface area contributed by atoms with Crippen molar-refractivity contribution < 1.29 is 9.90 Å². The molecule has 0 unspecified atom stereocenters. The molecule has 0 amide bonds. The number of carbonyl (C=O) groups is 1. The van der Waals surface area contributed by atoms with Gasteiger partial charge in [-0.15, -0.1) is 0 Å². The fourth-order valence-electron chi connectivity index (χ4n) is 9.41. The van der Waals surface area contributed by atoms with Crippen LogP contribution in [-0.4, -0.2) is 17.5 Å². The summed E-state index contributed by atoms with van der Waals surface area (Å²) in [6.07, 6.45) is 16.3. The van der Waals surface area contributed by atoms with Crippen LogP contribution < -0.4 is 0 Å². The number of allylic oxidation sites excluding steroid dienone is 2. The summed E-state index contributed by atoms with van der Waals surface area (Å²) in [5.41, 5.74) is 2.47. The Balaban J connectivity index is 1.77. The molecule has 0 heterocycles. The van der Waals surface area contributed by atoms with Crippen molar-refractivity contribution in [3.8, 4) is 0 Å². The highest BCUT2D eigenvalue weighted by atomic mass is 16.3. The molecule has 7 atom stereocenters. The Morgan fingerprint density at radius 3 is 2.15 bits per heavy atom. The number of carbonyl (C=O) groups excluding carboxylic acids is 1. The van der Waals surface area contributed by atoms with Crippen molar-refractivity contribution in [1.82, 2.24) is 0 Å². The van der Waals surface area contributed by atoms with Crippen LogP contribution in [0.15, 0.2) is 11.6 Å². The Hall–Kier alpha value is -0.630. The maximum atomic E-state index is 12.3. The van der Waals surface area contributed by atoms with E-state index in [2.05, 4.69) is 61.5 Å². The molecule has 0 aromatic carbocycles. The van der Waals surface area contributed by atoms with E-state index >= 15 is 0 Å². The van der Waals surface area contributed by atoms with Gasteiger partial charge in [0, 0.05) is 5.41 Å². The molecular weight excluding hydrogens is 404 g/mol. The fraction of sp³-hybridized carbons (Fsp3) is 0.903. The molecular formula is C31H52O2. The Bertz CT molecular complexity index is 808. The van der Waals surface area contributed by atoms with Crippen molar-refractivity contribution in [2.24, 2.45) is 44.3 Å². The molecule has 1 N–H and O–H groups in total. The Morgan fingerprint density at radius 2 is 1.48 bits per heavy atom. The van der Waals surface area contributed by atoms with Crippen LogP contribution in [0, 0.1) is 44.3 Å². The summed E-state index contributed by atoms with van der Waals surface area (Å²) < 4.78 is 0. The molecule has 0 saturated heterocycles. The molecule has 3 saturated carbocycles. The van der Waals surface area contributed by atoms with E-state index in [-0.39, 0.29) is 38.6 Å². The van der Waals surface area contributed by atoms with E-state index in [9.17, 15) is 9.90 Å². The van der Waals surface area contributed by atoms with Crippen LogP contribution in [0.4, 0.5) is 0 Å². The average molecular weight is 457 g/mol. The van der Waals surface area contributed by atoms with E-state index in [1.54, 1.807) is 5.57 Å². The van der Waals surface area contributed by atoms with Crippen LogP contribution in [0.3, 0.4) is 0 Å². The van der Waals surface area contributed by atoms with Gasteiger partial charge in [0.15, 0.2) is 0 Å². The van der Waals surface area contributed by atoms with Crippen molar-refractivity contribution >= 4 is 6.29 Å². The molecule has 0 aromatic rings. The van der Waals surface area contributed by atoms with Gasteiger partial charge in [-0.05, 0) is 110 Å². The number of aliphatic hydroxyl groups excluding tert-OH is 1. The molecule has 3 fully saturated rings. The normalized spacial score (nSPS) is 49.6. The first kappa shape index (κ1) is 25.5. The summed E-state index contributed by atoms with van der Waals surface area (Å²) >= 11 is 0. The zero-order valence-corrected chi connectivity index (χ0v) is 23.0. The van der Waals surface area contributed by atoms with E-state index in [0.29, 0.717) is 11.8 Å². The summed E-state index contributed by atoms with van der Waals surface area (Å²) in [6.45, 7) is 19.5. The highest BCUT2D eigenvalue weighted by Gasteiger charge is 2.65. The molecule has 0 spiro atoms. The summed E-state index contributed by atoms with van der Waals surface area (Å²) in [7, 11) is 0. The molecule has 0 radical (unpaired) electrons. The van der Waals surface area contributed by atoms with E-state index in [1.807, 2.05) is 0 Å². The molecule has 4 aliphatic rings. The Labute approximate surface area is 204 Å². The lowest BCUT2D eigenvalue weighted by Crippen LogP contribution is -2.62. The minimum Gasteiger partial charge on any atom is -0.393 e. The Morgan fingerprint density at radius 1 is 0.818 bits per heavy atom. The van der Waals surface area contributed by atoms with Gasteiger partial charge in [-0.1, -0.05) is 67.0 Å².